The second-order valence-corrected chi connectivity index (χ2v) is 10.2. The molecule has 0 aromatic rings. The smallest absolute Gasteiger partial charge is 0.303 e. The molecule has 4 aliphatic carbocycles. The Balaban J connectivity index is 1.71. The van der Waals surface area contributed by atoms with Crippen LogP contribution in [0.1, 0.15) is 65.7 Å². The van der Waals surface area contributed by atoms with Crippen molar-refractivity contribution in [3.05, 3.63) is 11.6 Å². The number of allylic oxidation sites excluding steroid dienone is 1. The molecule has 3 fully saturated rings. The first-order valence-electron chi connectivity index (χ1n) is 10.9. The highest BCUT2D eigenvalue weighted by Gasteiger charge is 2.74. The molecule has 0 amide bonds. The minimum Gasteiger partial charge on any atom is -0.458 e. The number of aliphatic hydroxyl groups excluding tert-OH is 1. The van der Waals surface area contributed by atoms with E-state index in [1.54, 1.807) is 13.0 Å². The summed E-state index contributed by atoms with van der Waals surface area (Å²) in [4.78, 5) is 35.9. The molecule has 4 aliphatic rings. The van der Waals surface area contributed by atoms with Gasteiger partial charge in [-0.3, -0.25) is 14.4 Å². The molecule has 0 aromatic heterocycles. The summed E-state index contributed by atoms with van der Waals surface area (Å²) in [5.41, 5.74) is -4.83. The van der Waals surface area contributed by atoms with Gasteiger partial charge in [-0.2, -0.15) is 0 Å². The van der Waals surface area contributed by atoms with Crippen LogP contribution in [-0.4, -0.2) is 51.7 Å². The summed E-state index contributed by atoms with van der Waals surface area (Å²) >= 11 is 0. The highest BCUT2D eigenvalue weighted by molar-refractivity contribution is 5.92. The van der Waals surface area contributed by atoms with Crippen LogP contribution in [0.2, 0.25) is 0 Å². The lowest BCUT2D eigenvalue weighted by atomic mass is 9.44. The number of fused-ring (bicyclic) bond motifs is 5. The minimum absolute atomic E-state index is 0.00553. The van der Waals surface area contributed by atoms with Gasteiger partial charge in [-0.25, -0.2) is 4.39 Å². The number of carbonyl (C=O) groups is 3. The molecule has 166 valence electrons. The average Bonchev–Trinajstić information content (AvgIpc) is 2.94. The van der Waals surface area contributed by atoms with E-state index in [0.29, 0.717) is 25.7 Å². The molecule has 0 saturated heterocycles. The largest absolute Gasteiger partial charge is 0.458 e. The van der Waals surface area contributed by atoms with E-state index in [1.807, 2.05) is 6.92 Å². The van der Waals surface area contributed by atoms with Gasteiger partial charge in [0.1, 0.15) is 11.3 Å². The molecule has 7 heteroatoms. The number of ketones is 2. The quantitative estimate of drug-likeness (QED) is 0.678. The van der Waals surface area contributed by atoms with Crippen molar-refractivity contribution in [2.45, 2.75) is 83.1 Å². The predicted molar refractivity (Wildman–Crippen MR) is 105 cm³/mol. The number of hydrogen-bond acceptors (Lipinski definition) is 6. The molecule has 0 heterocycles. The van der Waals surface area contributed by atoms with Gasteiger partial charge in [0.2, 0.25) is 5.78 Å². The molecule has 0 spiro atoms. The number of esters is 1. The predicted octanol–water partition coefficient (Wildman–Crippen LogP) is 2.44. The van der Waals surface area contributed by atoms with Crippen molar-refractivity contribution in [3.8, 4) is 0 Å². The van der Waals surface area contributed by atoms with E-state index in [1.165, 1.54) is 6.92 Å². The number of alkyl halides is 1. The topological polar surface area (TPSA) is 101 Å². The zero-order valence-electron chi connectivity index (χ0n) is 17.9. The standard InChI is InChI=1S/C23H31FO6/c1-13(25)30-12-19(28)22(29)9-7-16-17-5-4-14-10-15(26)6-8-20(14,2)23(17,24)18(27)11-21(16,22)3/h10,16-18,27,29H,4-9,11-12H2,1-3H3/t16-,17-,18+,20-,21-,22+,23-/m0/s1. The lowest BCUT2D eigenvalue weighted by Crippen LogP contribution is -2.69. The molecule has 6 nitrogen and oxygen atoms in total. The Morgan fingerprint density at radius 3 is 2.57 bits per heavy atom. The van der Waals surface area contributed by atoms with Crippen LogP contribution >= 0.6 is 0 Å². The third-order valence-electron chi connectivity index (χ3n) is 9.06. The lowest BCUT2D eigenvalue weighted by molar-refractivity contribution is -0.227. The minimum atomic E-state index is -1.91. The number of aliphatic hydroxyl groups is 2. The Morgan fingerprint density at radius 1 is 1.20 bits per heavy atom. The Labute approximate surface area is 175 Å². The summed E-state index contributed by atoms with van der Waals surface area (Å²) in [7, 11) is 0. The van der Waals surface area contributed by atoms with Crippen molar-refractivity contribution in [2.24, 2.45) is 22.7 Å². The van der Waals surface area contributed by atoms with E-state index in [-0.39, 0.29) is 31.0 Å². The molecule has 7 atom stereocenters. The van der Waals surface area contributed by atoms with E-state index in [9.17, 15) is 24.6 Å². The molecule has 0 radical (unpaired) electrons. The van der Waals surface area contributed by atoms with Gasteiger partial charge in [0, 0.05) is 30.1 Å². The first-order chi connectivity index (χ1) is 13.9. The van der Waals surface area contributed by atoms with E-state index < -0.39 is 52.5 Å². The Hall–Kier alpha value is -1.60. The maximum absolute atomic E-state index is 16.9. The Kier molecular flexibility index (Phi) is 4.83. The SMILES string of the molecule is CC(=O)OCC(=O)[C@]1(O)CC[C@H]2[C@@H]3CCC4=CC(=O)CC[C@]4(C)[C@@]3(F)[C@H](O)C[C@@]21C. The van der Waals surface area contributed by atoms with E-state index in [2.05, 4.69) is 0 Å². The van der Waals surface area contributed by atoms with Gasteiger partial charge in [0.05, 0.1) is 6.10 Å². The molecule has 0 bridgehead atoms. The second-order valence-electron chi connectivity index (χ2n) is 10.2. The maximum atomic E-state index is 16.9. The monoisotopic (exact) mass is 422 g/mol. The van der Waals surface area contributed by atoms with Crippen LogP contribution in [0.4, 0.5) is 4.39 Å². The van der Waals surface area contributed by atoms with Crippen LogP contribution < -0.4 is 0 Å². The van der Waals surface area contributed by atoms with Crippen molar-refractivity contribution in [2.75, 3.05) is 6.61 Å². The van der Waals surface area contributed by atoms with Crippen molar-refractivity contribution in [1.29, 1.82) is 0 Å². The summed E-state index contributed by atoms with van der Waals surface area (Å²) in [6.45, 7) is 4.25. The van der Waals surface area contributed by atoms with Gasteiger partial charge in [-0.15, -0.1) is 0 Å². The number of hydrogen-bond donors (Lipinski definition) is 2. The number of halogens is 1. The fraction of sp³-hybridized carbons (Fsp3) is 0.783. The molecular weight excluding hydrogens is 391 g/mol. The van der Waals surface area contributed by atoms with Crippen molar-refractivity contribution in [3.63, 3.8) is 0 Å². The van der Waals surface area contributed by atoms with E-state index in [4.69, 9.17) is 4.74 Å². The summed E-state index contributed by atoms with van der Waals surface area (Å²) in [6.07, 6.45) is 2.45. The van der Waals surface area contributed by atoms with Crippen LogP contribution in [-0.2, 0) is 19.1 Å². The van der Waals surface area contributed by atoms with Crippen molar-refractivity contribution in [1.82, 2.24) is 0 Å². The fourth-order valence-electron chi connectivity index (χ4n) is 7.32. The first-order valence-corrected chi connectivity index (χ1v) is 10.9. The van der Waals surface area contributed by atoms with Crippen molar-refractivity contribution >= 4 is 17.5 Å². The number of carbonyl (C=O) groups excluding carboxylic acids is 3. The molecule has 4 rings (SSSR count). The number of Topliss-reactive ketones (excluding diaryl/α,β-unsaturated/α-hetero) is 1. The molecule has 2 N–H and O–H groups in total. The molecule has 0 aromatic carbocycles. The van der Waals surface area contributed by atoms with Crippen LogP contribution in [0.3, 0.4) is 0 Å². The zero-order chi connectivity index (χ0) is 22.1. The van der Waals surface area contributed by atoms with Crippen LogP contribution in [0.25, 0.3) is 0 Å². The lowest BCUT2D eigenvalue weighted by Gasteiger charge is -2.63. The highest BCUT2D eigenvalue weighted by atomic mass is 19.1. The van der Waals surface area contributed by atoms with Crippen LogP contribution in [0.15, 0.2) is 11.6 Å². The number of rotatable bonds is 3. The third-order valence-corrected chi connectivity index (χ3v) is 9.06. The van der Waals surface area contributed by atoms with Gasteiger partial charge in [0.15, 0.2) is 12.4 Å². The third kappa shape index (κ3) is 2.57. The fourth-order valence-corrected chi connectivity index (χ4v) is 7.32. The van der Waals surface area contributed by atoms with Crippen LogP contribution in [0, 0.1) is 22.7 Å². The van der Waals surface area contributed by atoms with Gasteiger partial charge < -0.3 is 14.9 Å². The molecule has 3 saturated carbocycles. The van der Waals surface area contributed by atoms with Crippen molar-refractivity contribution < 1.29 is 33.7 Å². The van der Waals surface area contributed by atoms with Gasteiger partial charge in [-0.1, -0.05) is 19.4 Å². The summed E-state index contributed by atoms with van der Waals surface area (Å²) < 4.78 is 21.8. The van der Waals surface area contributed by atoms with E-state index >= 15 is 4.39 Å². The summed E-state index contributed by atoms with van der Waals surface area (Å²) in [5.74, 6) is -1.99. The normalized spacial score (nSPS) is 47.6. The van der Waals surface area contributed by atoms with Gasteiger partial charge >= 0.3 is 5.97 Å². The highest BCUT2D eigenvalue weighted by Crippen LogP contribution is 2.70. The van der Waals surface area contributed by atoms with Crippen LogP contribution in [0.5, 0.6) is 0 Å². The number of ether oxygens (including phenoxy) is 1. The molecule has 0 aliphatic heterocycles. The van der Waals surface area contributed by atoms with E-state index in [0.717, 1.165) is 5.57 Å². The maximum Gasteiger partial charge on any atom is 0.303 e. The Bertz CT molecular complexity index is 838. The summed E-state index contributed by atoms with van der Waals surface area (Å²) in [5, 5.41) is 22.6. The molecular formula is C23H31FO6. The van der Waals surface area contributed by atoms with Gasteiger partial charge in [-0.05, 0) is 50.5 Å². The molecule has 30 heavy (non-hydrogen) atoms. The summed E-state index contributed by atoms with van der Waals surface area (Å²) in [6, 6.07) is 0. The average molecular weight is 422 g/mol. The van der Waals surface area contributed by atoms with Gasteiger partial charge in [0.25, 0.3) is 0 Å². The Morgan fingerprint density at radius 2 is 1.90 bits per heavy atom. The molecule has 0 unspecified atom stereocenters. The second kappa shape index (κ2) is 6.70. The zero-order valence-corrected chi connectivity index (χ0v) is 17.9. The first kappa shape index (κ1) is 21.6.